The number of halogens is 2. The van der Waals surface area contributed by atoms with Gasteiger partial charge in [-0.05, 0) is 0 Å². The van der Waals surface area contributed by atoms with Crippen LogP contribution in [0.15, 0.2) is 0 Å². The Bertz CT molecular complexity index is 234. The first-order valence-corrected chi connectivity index (χ1v) is 8.40. The van der Waals surface area contributed by atoms with Crippen molar-refractivity contribution in [1.82, 2.24) is 14.0 Å². The molecular formula is C6H18Cl2N3O4P. The number of hydrogen-bond donors (Lipinski definition) is 0. The molecular weight excluding hydrogens is 280 g/mol. The number of hydrogen-bond acceptors (Lipinski definition) is 7. The molecule has 0 aromatic heterocycles. The van der Waals surface area contributed by atoms with Crippen LogP contribution in [0.5, 0.6) is 0 Å². The maximum atomic E-state index is 10.8. The zero-order valence-electron chi connectivity index (χ0n) is 10.2. The summed E-state index contributed by atoms with van der Waals surface area (Å²) in [6, 6.07) is 0. The van der Waals surface area contributed by atoms with E-state index in [-0.39, 0.29) is 0 Å². The zero-order valence-corrected chi connectivity index (χ0v) is 12.6. The minimum atomic E-state index is -4.64. The van der Waals surface area contributed by atoms with E-state index in [1.54, 1.807) is 42.3 Å². The average molecular weight is 298 g/mol. The van der Waals surface area contributed by atoms with Gasteiger partial charge in [-0.15, -0.1) is 0 Å². The molecule has 7 nitrogen and oxygen atoms in total. The van der Waals surface area contributed by atoms with E-state index < -0.39 is 16.9 Å². The number of nitrogens with zero attached hydrogens (tertiary/aromatic N) is 3. The Balaban J connectivity index is 5.65. The molecule has 0 aromatic rings. The second kappa shape index (κ2) is 4.78. The standard InChI is InChI=1S/C6H18Cl2N3O4P/c1-9(2)16(7,10(3)4,11(5)6)15-8(12,13)14/h1-6H3. The molecule has 0 amide bonds. The number of rotatable bonds is 5. The first kappa shape index (κ1) is 16.7. The van der Waals surface area contributed by atoms with Gasteiger partial charge in [0.25, 0.3) is 0 Å². The summed E-state index contributed by atoms with van der Waals surface area (Å²) in [5, 5.41) is 0. The fourth-order valence-electron chi connectivity index (χ4n) is 1.40. The topological polar surface area (TPSA) is 88.1 Å². The van der Waals surface area contributed by atoms with Crippen molar-refractivity contribution in [3.63, 3.8) is 0 Å². The van der Waals surface area contributed by atoms with Crippen LogP contribution in [0.2, 0.25) is 0 Å². The summed E-state index contributed by atoms with van der Waals surface area (Å²) in [5.74, 6) is 0. The third-order valence-corrected chi connectivity index (χ3v) is 11.1. The molecule has 0 heterocycles. The van der Waals surface area contributed by atoms with Gasteiger partial charge in [-0.2, -0.15) is 0 Å². The monoisotopic (exact) mass is 297 g/mol. The van der Waals surface area contributed by atoms with Crippen LogP contribution in [0.4, 0.5) is 0 Å². The molecule has 0 atom stereocenters. The average Bonchev–Trinajstić information content (AvgIpc) is 1.99. The molecule has 0 bridgehead atoms. The van der Waals surface area contributed by atoms with E-state index in [1.165, 1.54) is 14.0 Å². The maximum absolute atomic E-state index is 10.8. The molecule has 0 rings (SSSR count). The van der Waals surface area contributed by atoms with E-state index in [9.17, 15) is 14.0 Å². The fraction of sp³-hybridized carbons (Fsp3) is 1.00. The summed E-state index contributed by atoms with van der Waals surface area (Å²) in [4.78, 5) is 0. The Kier molecular flexibility index (Phi) is 4.99. The molecule has 0 aromatic carbocycles. The molecule has 16 heavy (non-hydrogen) atoms. The first-order chi connectivity index (χ1) is 6.86. The summed E-state index contributed by atoms with van der Waals surface area (Å²) >= 11 is 6.39. The van der Waals surface area contributed by atoms with Crippen LogP contribution in [0.3, 0.4) is 0 Å². The van der Waals surface area contributed by atoms with Crippen molar-refractivity contribution in [2.24, 2.45) is 0 Å². The van der Waals surface area contributed by atoms with Gasteiger partial charge in [0.2, 0.25) is 0 Å². The molecule has 0 saturated heterocycles. The Morgan fingerprint density at radius 1 is 0.875 bits per heavy atom. The van der Waals surface area contributed by atoms with Crippen LogP contribution in [0.1, 0.15) is 0 Å². The van der Waals surface area contributed by atoms with Gasteiger partial charge >= 0.3 is 102 Å². The third-order valence-electron chi connectivity index (χ3n) is 2.22. The normalized spacial score (nSPS) is 16.9. The molecule has 0 N–H and O–H groups in total. The van der Waals surface area contributed by atoms with Gasteiger partial charge in [0.1, 0.15) is 0 Å². The zero-order chi connectivity index (χ0) is 13.4. The predicted octanol–water partition coefficient (Wildman–Crippen LogP) is -2.05. The third kappa shape index (κ3) is 2.76. The van der Waals surface area contributed by atoms with Gasteiger partial charge in [-0.3, -0.25) is 0 Å². The van der Waals surface area contributed by atoms with Crippen molar-refractivity contribution < 1.29 is 28.3 Å². The van der Waals surface area contributed by atoms with Gasteiger partial charge in [0.05, 0.1) is 0 Å². The van der Waals surface area contributed by atoms with Crippen molar-refractivity contribution in [2.45, 2.75) is 0 Å². The summed E-state index contributed by atoms with van der Waals surface area (Å²) in [6.45, 7) is -4.09. The van der Waals surface area contributed by atoms with E-state index >= 15 is 0 Å². The molecule has 0 aliphatic heterocycles. The fourth-order valence-corrected chi connectivity index (χ4v) is 6.77. The van der Waals surface area contributed by atoms with E-state index in [4.69, 9.17) is 11.2 Å². The van der Waals surface area contributed by atoms with E-state index in [1.807, 2.05) is 0 Å². The van der Waals surface area contributed by atoms with Gasteiger partial charge in [0, 0.05) is 0 Å². The predicted molar refractivity (Wildman–Crippen MR) is 54.9 cm³/mol. The van der Waals surface area contributed by atoms with Crippen molar-refractivity contribution >= 4 is 17.9 Å². The van der Waals surface area contributed by atoms with Crippen LogP contribution in [-0.4, -0.2) is 56.3 Å². The quantitative estimate of drug-likeness (QED) is 0.540. The van der Waals surface area contributed by atoms with Crippen LogP contribution in [-0.2, 0) is 4.08 Å². The van der Waals surface area contributed by atoms with E-state index in [0.717, 1.165) is 0 Å². The van der Waals surface area contributed by atoms with Crippen LogP contribution < -0.4 is 14.0 Å². The van der Waals surface area contributed by atoms with Crippen LogP contribution in [0.25, 0.3) is 0 Å². The Morgan fingerprint density at radius 3 is 1.19 bits per heavy atom. The molecule has 0 aliphatic carbocycles. The molecule has 10 heteroatoms. The van der Waals surface area contributed by atoms with Gasteiger partial charge in [-0.25, -0.2) is 0 Å². The van der Waals surface area contributed by atoms with Crippen molar-refractivity contribution in [3.05, 3.63) is 0 Å². The van der Waals surface area contributed by atoms with Gasteiger partial charge < -0.3 is 0 Å². The van der Waals surface area contributed by atoms with Crippen LogP contribution in [0, 0.1) is 10.2 Å². The Hall–Kier alpha value is 0.730. The van der Waals surface area contributed by atoms with Gasteiger partial charge in [0.15, 0.2) is 0 Å². The Morgan fingerprint density at radius 2 is 1.12 bits per heavy atom. The molecule has 0 aliphatic rings. The van der Waals surface area contributed by atoms with E-state index in [2.05, 4.69) is 4.08 Å². The molecule has 0 radical (unpaired) electrons. The minimum absolute atomic E-state index is 1.40. The summed E-state index contributed by atoms with van der Waals surface area (Å²) in [5.41, 5.74) is 0. The van der Waals surface area contributed by atoms with Crippen molar-refractivity contribution in [3.8, 4) is 0 Å². The summed E-state index contributed by atoms with van der Waals surface area (Å²) in [6.07, 6.45) is 0. The summed E-state index contributed by atoms with van der Waals surface area (Å²) in [7, 11) is 4.65. The SMILES string of the molecule is CN(C)P(Cl)(O[Cl+3]([O-])([O-])[O-])(N(C)C)N(C)C. The molecule has 0 spiro atoms. The summed E-state index contributed by atoms with van der Waals surface area (Å²) < 4.78 is 41.3. The molecule has 0 fully saturated rings. The van der Waals surface area contributed by atoms with Crippen molar-refractivity contribution in [1.29, 1.82) is 0 Å². The molecule has 0 saturated carbocycles. The first-order valence-electron chi connectivity index (χ1n) is 4.25. The molecule has 0 unspecified atom stereocenters. The van der Waals surface area contributed by atoms with E-state index in [0.29, 0.717) is 0 Å². The Labute approximate surface area is 103 Å². The van der Waals surface area contributed by atoms with Gasteiger partial charge in [-0.1, -0.05) is 0 Å². The second-order valence-corrected chi connectivity index (χ2v) is 10.9. The second-order valence-electron chi connectivity index (χ2n) is 3.80. The molecule has 100 valence electrons. The van der Waals surface area contributed by atoms with Crippen LogP contribution >= 0.6 is 17.9 Å². The van der Waals surface area contributed by atoms with Crippen molar-refractivity contribution in [2.75, 3.05) is 42.3 Å².